The van der Waals surface area contributed by atoms with Crippen molar-refractivity contribution in [2.75, 3.05) is 6.61 Å². The molecular formula is C22H23F2NO4. The van der Waals surface area contributed by atoms with Crippen molar-refractivity contribution in [2.24, 2.45) is 0 Å². The number of hydrogen-bond acceptors (Lipinski definition) is 4. The highest BCUT2D eigenvalue weighted by molar-refractivity contribution is 5.89. The Kier molecular flexibility index (Phi) is 8.33. The van der Waals surface area contributed by atoms with Crippen molar-refractivity contribution in [3.63, 3.8) is 0 Å². The molecule has 0 saturated carbocycles. The minimum absolute atomic E-state index is 0.0236. The zero-order valence-electron chi connectivity index (χ0n) is 16.2. The van der Waals surface area contributed by atoms with Gasteiger partial charge in [-0.3, -0.25) is 4.79 Å². The number of esters is 1. The van der Waals surface area contributed by atoms with Crippen LogP contribution in [-0.4, -0.2) is 25.1 Å². The van der Waals surface area contributed by atoms with E-state index in [1.165, 1.54) is 30.3 Å². The topological polar surface area (TPSA) is 64.6 Å². The van der Waals surface area contributed by atoms with Gasteiger partial charge in [0.25, 0.3) is 5.91 Å². The largest absolute Gasteiger partial charge is 0.452 e. The SMILES string of the molecule is CC[C@@H](NC(=O)COC(=O)/C=C/c1ccc(OC(F)F)cc1)c1ccc(C)cc1. The normalized spacial score (nSPS) is 12.0. The second kappa shape index (κ2) is 10.9. The Labute approximate surface area is 168 Å². The molecule has 0 aromatic heterocycles. The number of ether oxygens (including phenoxy) is 2. The highest BCUT2D eigenvalue weighted by atomic mass is 19.3. The van der Waals surface area contributed by atoms with Crippen LogP contribution in [0.2, 0.25) is 0 Å². The Morgan fingerprint density at radius 1 is 1.07 bits per heavy atom. The number of carbonyl (C=O) groups is 2. The molecule has 0 bridgehead atoms. The number of rotatable bonds is 9. The number of carbonyl (C=O) groups excluding carboxylic acids is 2. The number of hydrogen-bond donors (Lipinski definition) is 1. The first-order valence-electron chi connectivity index (χ1n) is 9.13. The lowest BCUT2D eigenvalue weighted by atomic mass is 10.0. The van der Waals surface area contributed by atoms with Crippen molar-refractivity contribution < 1.29 is 27.8 Å². The molecule has 7 heteroatoms. The second-order valence-electron chi connectivity index (χ2n) is 6.33. The number of amides is 1. The van der Waals surface area contributed by atoms with Gasteiger partial charge in [-0.15, -0.1) is 0 Å². The molecule has 29 heavy (non-hydrogen) atoms. The van der Waals surface area contributed by atoms with E-state index in [9.17, 15) is 18.4 Å². The first-order chi connectivity index (χ1) is 13.9. The summed E-state index contributed by atoms with van der Waals surface area (Å²) >= 11 is 0. The van der Waals surface area contributed by atoms with Crippen LogP contribution in [0.5, 0.6) is 5.75 Å². The first-order valence-corrected chi connectivity index (χ1v) is 9.13. The van der Waals surface area contributed by atoms with Gasteiger partial charge in [0, 0.05) is 6.08 Å². The van der Waals surface area contributed by atoms with E-state index in [4.69, 9.17) is 4.74 Å². The first kappa shape index (κ1) is 22.1. The predicted molar refractivity (Wildman–Crippen MR) is 105 cm³/mol. The van der Waals surface area contributed by atoms with Gasteiger partial charge in [-0.25, -0.2) is 4.79 Å². The molecule has 0 saturated heterocycles. The van der Waals surface area contributed by atoms with Crippen LogP contribution in [0, 0.1) is 6.92 Å². The molecule has 1 atom stereocenters. The van der Waals surface area contributed by atoms with Crippen molar-refractivity contribution >= 4 is 18.0 Å². The van der Waals surface area contributed by atoms with Gasteiger partial charge in [-0.05, 0) is 42.7 Å². The predicted octanol–water partition coefficient (Wildman–Crippen LogP) is 4.42. The fourth-order valence-corrected chi connectivity index (χ4v) is 2.57. The summed E-state index contributed by atoms with van der Waals surface area (Å²) in [5.74, 6) is -1.06. The van der Waals surface area contributed by atoms with Gasteiger partial charge in [-0.1, -0.05) is 48.9 Å². The fourth-order valence-electron chi connectivity index (χ4n) is 2.57. The molecule has 0 aliphatic rings. The molecule has 0 aliphatic heterocycles. The van der Waals surface area contributed by atoms with E-state index in [1.807, 2.05) is 38.1 Å². The van der Waals surface area contributed by atoms with Crippen molar-refractivity contribution in [3.8, 4) is 5.75 Å². The molecule has 5 nitrogen and oxygen atoms in total. The van der Waals surface area contributed by atoms with Crippen LogP contribution in [0.15, 0.2) is 54.6 Å². The summed E-state index contributed by atoms with van der Waals surface area (Å²) in [4.78, 5) is 23.9. The van der Waals surface area contributed by atoms with Crippen molar-refractivity contribution in [1.29, 1.82) is 0 Å². The maximum atomic E-state index is 12.1. The number of nitrogens with one attached hydrogen (secondary N) is 1. The summed E-state index contributed by atoms with van der Waals surface area (Å²) in [5.41, 5.74) is 2.71. The van der Waals surface area contributed by atoms with Crippen LogP contribution in [0.25, 0.3) is 6.08 Å². The highest BCUT2D eigenvalue weighted by Gasteiger charge is 2.13. The minimum Gasteiger partial charge on any atom is -0.452 e. The van der Waals surface area contributed by atoms with Crippen molar-refractivity contribution in [3.05, 3.63) is 71.3 Å². The maximum absolute atomic E-state index is 12.1. The Balaban J connectivity index is 1.80. The third kappa shape index (κ3) is 7.73. The standard InChI is InChI=1S/C22H23F2NO4/c1-3-19(17-9-4-15(2)5-10-17)25-20(26)14-28-21(27)13-8-16-6-11-18(12-7-16)29-22(23)24/h4-13,19,22H,3,14H2,1-2H3,(H,25,26)/b13-8+/t19-/m1/s1. The molecule has 2 aromatic rings. The summed E-state index contributed by atoms with van der Waals surface area (Å²) in [5, 5.41) is 2.84. The van der Waals surface area contributed by atoms with Gasteiger partial charge >= 0.3 is 12.6 Å². The van der Waals surface area contributed by atoms with Gasteiger partial charge in [0.05, 0.1) is 6.04 Å². The van der Waals surface area contributed by atoms with E-state index >= 15 is 0 Å². The lowest BCUT2D eigenvalue weighted by Crippen LogP contribution is -2.32. The summed E-state index contributed by atoms with van der Waals surface area (Å²) in [7, 11) is 0. The molecule has 2 aromatic carbocycles. The zero-order valence-corrected chi connectivity index (χ0v) is 16.2. The van der Waals surface area contributed by atoms with Crippen molar-refractivity contribution in [1.82, 2.24) is 5.32 Å². The maximum Gasteiger partial charge on any atom is 0.387 e. The number of alkyl halides is 2. The lowest BCUT2D eigenvalue weighted by molar-refractivity contribution is -0.144. The van der Waals surface area contributed by atoms with E-state index in [-0.39, 0.29) is 11.8 Å². The van der Waals surface area contributed by atoms with E-state index in [0.29, 0.717) is 12.0 Å². The highest BCUT2D eigenvalue weighted by Crippen LogP contribution is 2.17. The molecule has 1 amide bonds. The molecule has 0 heterocycles. The van der Waals surface area contributed by atoms with E-state index < -0.39 is 25.1 Å². The molecular weight excluding hydrogens is 380 g/mol. The van der Waals surface area contributed by atoms with Gasteiger partial charge < -0.3 is 14.8 Å². The fraction of sp³-hybridized carbons (Fsp3) is 0.273. The van der Waals surface area contributed by atoms with Crippen LogP contribution < -0.4 is 10.1 Å². The van der Waals surface area contributed by atoms with Gasteiger partial charge in [0.2, 0.25) is 0 Å². The molecule has 0 radical (unpaired) electrons. The van der Waals surface area contributed by atoms with Gasteiger partial charge in [0.15, 0.2) is 6.61 Å². The molecule has 0 unspecified atom stereocenters. The lowest BCUT2D eigenvalue weighted by Gasteiger charge is -2.17. The van der Waals surface area contributed by atoms with E-state index in [0.717, 1.165) is 17.2 Å². The average molecular weight is 403 g/mol. The number of benzene rings is 2. The minimum atomic E-state index is -2.89. The van der Waals surface area contributed by atoms with Gasteiger partial charge in [-0.2, -0.15) is 8.78 Å². The average Bonchev–Trinajstić information content (AvgIpc) is 2.70. The number of aryl methyl sites for hydroxylation is 1. The zero-order chi connectivity index (χ0) is 21.2. The summed E-state index contributed by atoms with van der Waals surface area (Å²) < 4.78 is 33.4. The Bertz CT molecular complexity index is 833. The molecule has 0 spiro atoms. The van der Waals surface area contributed by atoms with Crippen LogP contribution in [-0.2, 0) is 14.3 Å². The smallest absolute Gasteiger partial charge is 0.387 e. The molecule has 2 rings (SSSR count). The summed E-state index contributed by atoms with van der Waals surface area (Å²) in [6.07, 6.45) is 3.31. The monoisotopic (exact) mass is 403 g/mol. The Morgan fingerprint density at radius 3 is 2.31 bits per heavy atom. The Morgan fingerprint density at radius 2 is 1.72 bits per heavy atom. The third-order valence-electron chi connectivity index (χ3n) is 4.09. The van der Waals surface area contributed by atoms with Gasteiger partial charge in [0.1, 0.15) is 5.75 Å². The summed E-state index contributed by atoms with van der Waals surface area (Å²) in [6.45, 7) is 0.655. The van der Waals surface area contributed by atoms with Crippen LogP contribution >= 0.6 is 0 Å². The van der Waals surface area contributed by atoms with Crippen LogP contribution in [0.3, 0.4) is 0 Å². The number of halogens is 2. The summed E-state index contributed by atoms with van der Waals surface area (Å²) in [6, 6.07) is 13.4. The molecule has 154 valence electrons. The Hall–Kier alpha value is -3.22. The second-order valence-corrected chi connectivity index (χ2v) is 6.33. The van der Waals surface area contributed by atoms with Crippen LogP contribution in [0.1, 0.15) is 36.1 Å². The molecule has 0 fully saturated rings. The molecule has 1 N–H and O–H groups in total. The van der Waals surface area contributed by atoms with E-state index in [1.54, 1.807) is 0 Å². The third-order valence-corrected chi connectivity index (χ3v) is 4.09. The van der Waals surface area contributed by atoms with Crippen molar-refractivity contribution in [2.45, 2.75) is 32.9 Å². The van der Waals surface area contributed by atoms with E-state index in [2.05, 4.69) is 10.1 Å². The quantitative estimate of drug-likeness (QED) is 0.497. The molecule has 0 aliphatic carbocycles. The van der Waals surface area contributed by atoms with Crippen LogP contribution in [0.4, 0.5) is 8.78 Å².